The van der Waals surface area contributed by atoms with E-state index in [1.165, 1.54) is 6.42 Å². The first kappa shape index (κ1) is 12.3. The summed E-state index contributed by atoms with van der Waals surface area (Å²) in [6.45, 7) is 6.87. The number of piperidine rings is 1. The van der Waals surface area contributed by atoms with Crippen molar-refractivity contribution < 1.29 is 8.42 Å². The Bertz CT molecular complexity index is 329. The lowest BCUT2D eigenvalue weighted by Gasteiger charge is -2.34. The zero-order valence-electron chi connectivity index (χ0n) is 9.98. The van der Waals surface area contributed by atoms with Crippen LogP contribution in [0, 0.1) is 11.8 Å². The van der Waals surface area contributed by atoms with E-state index in [1.807, 2.05) is 0 Å². The van der Waals surface area contributed by atoms with Crippen LogP contribution in [0.3, 0.4) is 0 Å². The lowest BCUT2D eigenvalue weighted by atomic mass is 9.89. The second kappa shape index (κ2) is 5.02. The Balaban J connectivity index is 1.79. The Kier molecular flexibility index (Phi) is 3.87. The van der Waals surface area contributed by atoms with Gasteiger partial charge in [0.25, 0.3) is 0 Å². The van der Waals surface area contributed by atoms with Gasteiger partial charge in [0.15, 0.2) is 9.84 Å². The maximum atomic E-state index is 11.4. The van der Waals surface area contributed by atoms with E-state index in [0.717, 1.165) is 44.6 Å². The van der Waals surface area contributed by atoms with Gasteiger partial charge < -0.3 is 10.2 Å². The molecule has 0 amide bonds. The van der Waals surface area contributed by atoms with Crippen LogP contribution in [0.5, 0.6) is 0 Å². The van der Waals surface area contributed by atoms with E-state index in [2.05, 4.69) is 10.2 Å². The Morgan fingerprint density at radius 2 is 2.06 bits per heavy atom. The Morgan fingerprint density at radius 3 is 2.81 bits per heavy atom. The summed E-state index contributed by atoms with van der Waals surface area (Å²) in [4.78, 5) is 2.32. The maximum absolute atomic E-state index is 11.4. The van der Waals surface area contributed by atoms with Gasteiger partial charge in [0.05, 0.1) is 5.75 Å². The van der Waals surface area contributed by atoms with E-state index in [0.29, 0.717) is 5.75 Å². The zero-order chi connectivity index (χ0) is 11.6. The van der Waals surface area contributed by atoms with Crippen LogP contribution in [0.25, 0.3) is 0 Å². The van der Waals surface area contributed by atoms with Crippen LogP contribution in [0.4, 0.5) is 0 Å². The number of hydrogen-bond donors (Lipinski definition) is 1. The second-order valence-electron chi connectivity index (χ2n) is 5.00. The standard InChI is InChI=1S/C11H22N2O2S/c1-2-16(14,15)6-5-13-4-3-10-7-12-8-11(10)9-13/h10-12H,2-9H2,1H3. The first-order chi connectivity index (χ1) is 7.61. The molecule has 0 aliphatic carbocycles. The SMILES string of the molecule is CCS(=O)(=O)CCN1CCC2CNCC2C1. The molecule has 2 fully saturated rings. The van der Waals surface area contributed by atoms with Crippen molar-refractivity contribution in [3.63, 3.8) is 0 Å². The van der Waals surface area contributed by atoms with Gasteiger partial charge in [-0.3, -0.25) is 0 Å². The largest absolute Gasteiger partial charge is 0.316 e. The number of nitrogens with zero attached hydrogens (tertiary/aromatic N) is 1. The van der Waals surface area contributed by atoms with E-state index >= 15 is 0 Å². The third kappa shape index (κ3) is 2.96. The molecule has 2 aliphatic rings. The van der Waals surface area contributed by atoms with E-state index in [1.54, 1.807) is 6.92 Å². The van der Waals surface area contributed by atoms with Crippen LogP contribution in [0.15, 0.2) is 0 Å². The first-order valence-electron chi connectivity index (χ1n) is 6.24. The fraction of sp³-hybridized carbons (Fsp3) is 1.00. The smallest absolute Gasteiger partial charge is 0.151 e. The summed E-state index contributed by atoms with van der Waals surface area (Å²) in [5, 5.41) is 3.42. The topological polar surface area (TPSA) is 49.4 Å². The average molecular weight is 246 g/mol. The normalized spacial score (nSPS) is 31.6. The van der Waals surface area contributed by atoms with Crippen molar-refractivity contribution in [1.29, 1.82) is 0 Å². The van der Waals surface area contributed by atoms with Gasteiger partial charge in [0, 0.05) is 18.8 Å². The summed E-state index contributed by atoms with van der Waals surface area (Å²) in [7, 11) is -2.80. The van der Waals surface area contributed by atoms with Gasteiger partial charge in [-0.05, 0) is 37.9 Å². The van der Waals surface area contributed by atoms with Crippen LogP contribution in [0.2, 0.25) is 0 Å². The van der Waals surface area contributed by atoms with Crippen molar-refractivity contribution in [3.8, 4) is 0 Å². The molecule has 16 heavy (non-hydrogen) atoms. The lowest BCUT2D eigenvalue weighted by Crippen LogP contribution is -2.42. The van der Waals surface area contributed by atoms with E-state index < -0.39 is 9.84 Å². The highest BCUT2D eigenvalue weighted by atomic mass is 32.2. The van der Waals surface area contributed by atoms with Crippen LogP contribution in [-0.2, 0) is 9.84 Å². The predicted molar refractivity (Wildman–Crippen MR) is 65.2 cm³/mol. The average Bonchev–Trinajstić information content (AvgIpc) is 2.73. The third-order valence-electron chi connectivity index (χ3n) is 3.95. The molecule has 94 valence electrons. The van der Waals surface area contributed by atoms with E-state index in [-0.39, 0.29) is 5.75 Å². The van der Waals surface area contributed by atoms with Gasteiger partial charge in [-0.25, -0.2) is 8.42 Å². The summed E-state index contributed by atoms with van der Waals surface area (Å²) < 4.78 is 22.9. The molecule has 0 bridgehead atoms. The van der Waals surface area contributed by atoms with Gasteiger partial charge in [0.2, 0.25) is 0 Å². The highest BCUT2D eigenvalue weighted by Crippen LogP contribution is 2.26. The predicted octanol–water partition coefficient (Wildman–Crippen LogP) is -0.0376. The Labute approximate surface area is 98.3 Å². The number of likely N-dealkylation sites (tertiary alicyclic amines) is 1. The molecule has 0 spiro atoms. The zero-order valence-corrected chi connectivity index (χ0v) is 10.8. The molecule has 0 radical (unpaired) electrons. The van der Waals surface area contributed by atoms with Gasteiger partial charge in [-0.15, -0.1) is 0 Å². The number of hydrogen-bond acceptors (Lipinski definition) is 4. The molecule has 1 N–H and O–H groups in total. The Morgan fingerprint density at radius 1 is 1.31 bits per heavy atom. The highest BCUT2D eigenvalue weighted by molar-refractivity contribution is 7.91. The first-order valence-corrected chi connectivity index (χ1v) is 8.06. The fourth-order valence-corrected chi connectivity index (χ4v) is 3.55. The van der Waals surface area contributed by atoms with Crippen molar-refractivity contribution >= 4 is 9.84 Å². The molecular weight excluding hydrogens is 224 g/mol. The van der Waals surface area contributed by atoms with Crippen LogP contribution >= 0.6 is 0 Å². The molecular formula is C11H22N2O2S. The third-order valence-corrected chi connectivity index (χ3v) is 5.63. The van der Waals surface area contributed by atoms with Crippen LogP contribution in [0.1, 0.15) is 13.3 Å². The summed E-state index contributed by atoms with van der Waals surface area (Å²) in [5.74, 6) is 2.18. The molecule has 2 aliphatic heterocycles. The highest BCUT2D eigenvalue weighted by Gasteiger charge is 2.32. The molecule has 0 aromatic carbocycles. The van der Waals surface area contributed by atoms with Crippen molar-refractivity contribution in [2.45, 2.75) is 13.3 Å². The lowest BCUT2D eigenvalue weighted by molar-refractivity contribution is 0.156. The maximum Gasteiger partial charge on any atom is 0.151 e. The van der Waals surface area contributed by atoms with Crippen molar-refractivity contribution in [2.75, 3.05) is 44.2 Å². The summed E-state index contributed by atoms with van der Waals surface area (Å²) in [6, 6.07) is 0. The molecule has 0 aromatic heterocycles. The van der Waals surface area contributed by atoms with Gasteiger partial charge >= 0.3 is 0 Å². The fourth-order valence-electron chi connectivity index (χ4n) is 2.73. The minimum Gasteiger partial charge on any atom is -0.316 e. The van der Waals surface area contributed by atoms with Gasteiger partial charge in [-0.2, -0.15) is 0 Å². The van der Waals surface area contributed by atoms with Gasteiger partial charge in [0.1, 0.15) is 0 Å². The molecule has 2 heterocycles. The summed E-state index contributed by atoms with van der Waals surface area (Å²) >= 11 is 0. The van der Waals surface area contributed by atoms with Gasteiger partial charge in [-0.1, -0.05) is 6.92 Å². The molecule has 2 saturated heterocycles. The van der Waals surface area contributed by atoms with Crippen molar-refractivity contribution in [2.24, 2.45) is 11.8 Å². The number of nitrogens with one attached hydrogen (secondary N) is 1. The minimum absolute atomic E-state index is 0.272. The monoisotopic (exact) mass is 246 g/mol. The molecule has 2 unspecified atom stereocenters. The van der Waals surface area contributed by atoms with Crippen LogP contribution < -0.4 is 5.32 Å². The van der Waals surface area contributed by atoms with Crippen molar-refractivity contribution in [1.82, 2.24) is 10.2 Å². The van der Waals surface area contributed by atoms with E-state index in [4.69, 9.17) is 0 Å². The molecule has 2 atom stereocenters. The number of rotatable bonds is 4. The van der Waals surface area contributed by atoms with Crippen LogP contribution in [-0.4, -0.2) is 57.5 Å². The Hall–Kier alpha value is -0.130. The number of fused-ring (bicyclic) bond motifs is 1. The minimum atomic E-state index is -2.80. The summed E-state index contributed by atoms with van der Waals surface area (Å²) in [5.41, 5.74) is 0. The quantitative estimate of drug-likeness (QED) is 0.756. The molecule has 0 aromatic rings. The summed E-state index contributed by atoms with van der Waals surface area (Å²) in [6.07, 6.45) is 1.23. The molecule has 0 saturated carbocycles. The molecule has 4 nitrogen and oxygen atoms in total. The molecule has 5 heteroatoms. The number of sulfone groups is 1. The molecule has 2 rings (SSSR count). The van der Waals surface area contributed by atoms with E-state index in [9.17, 15) is 8.42 Å². The second-order valence-corrected chi connectivity index (χ2v) is 7.48. The van der Waals surface area contributed by atoms with Crippen molar-refractivity contribution in [3.05, 3.63) is 0 Å².